The molecular weight excluding hydrogens is 474 g/mol. The van der Waals surface area contributed by atoms with E-state index in [-0.39, 0.29) is 10.8 Å². The first-order valence-electron chi connectivity index (χ1n) is 12.3. The van der Waals surface area contributed by atoms with Gasteiger partial charge in [0.05, 0.1) is 4.91 Å². The van der Waals surface area contributed by atoms with Crippen LogP contribution in [0.2, 0.25) is 0 Å². The summed E-state index contributed by atoms with van der Waals surface area (Å²) in [6, 6.07) is 0. The summed E-state index contributed by atoms with van der Waals surface area (Å²) in [5.41, 5.74) is 1.49. The van der Waals surface area contributed by atoms with Crippen LogP contribution in [0.4, 0.5) is 0 Å². The zero-order chi connectivity index (χ0) is 26.9. The first-order valence-corrected chi connectivity index (χ1v) is 13.8. The third kappa shape index (κ3) is 7.57. The monoisotopic (exact) mass is 513 g/mol. The van der Waals surface area contributed by atoms with E-state index < -0.39 is 15.6 Å². The second kappa shape index (κ2) is 12.9. The van der Waals surface area contributed by atoms with Gasteiger partial charge in [0.25, 0.3) is 5.91 Å². The van der Waals surface area contributed by atoms with Crippen molar-refractivity contribution in [3.8, 4) is 12.3 Å². The molecule has 1 amide bonds. The lowest BCUT2D eigenvalue weighted by atomic mass is 9.83. The third-order valence-electron chi connectivity index (χ3n) is 6.52. The van der Waals surface area contributed by atoms with Crippen LogP contribution in [0.3, 0.4) is 0 Å². The fourth-order valence-electron chi connectivity index (χ4n) is 4.36. The lowest BCUT2D eigenvalue weighted by Crippen LogP contribution is -2.45. The van der Waals surface area contributed by atoms with Gasteiger partial charge in [0.1, 0.15) is 11.4 Å². The summed E-state index contributed by atoms with van der Waals surface area (Å²) >= 11 is 0. The van der Waals surface area contributed by atoms with E-state index in [2.05, 4.69) is 30.5 Å². The Morgan fingerprint density at radius 1 is 1.33 bits per heavy atom. The molecule has 0 aromatic rings. The molecule has 0 aliphatic carbocycles. The Morgan fingerprint density at radius 2 is 1.97 bits per heavy atom. The molecule has 0 unspecified atom stereocenters. The highest BCUT2D eigenvalue weighted by Gasteiger charge is 2.38. The molecular formula is C28H39N3O4S. The van der Waals surface area contributed by atoms with E-state index in [1.54, 1.807) is 24.0 Å². The van der Waals surface area contributed by atoms with Crippen molar-refractivity contribution in [3.63, 3.8) is 0 Å². The zero-order valence-electron chi connectivity index (χ0n) is 21.9. The van der Waals surface area contributed by atoms with Crippen LogP contribution in [0, 0.1) is 12.3 Å². The summed E-state index contributed by atoms with van der Waals surface area (Å²) in [4.78, 5) is 16.9. The minimum atomic E-state index is -3.91. The van der Waals surface area contributed by atoms with Gasteiger partial charge < -0.3 is 14.5 Å². The Kier molecular flexibility index (Phi) is 10.5. The summed E-state index contributed by atoms with van der Waals surface area (Å²) in [6.45, 7) is 12.6. The van der Waals surface area contributed by atoms with Gasteiger partial charge in [-0.2, -0.15) is 0 Å². The minimum Gasteiger partial charge on any atom is -0.483 e. The molecule has 0 aromatic carbocycles. The third-order valence-corrected chi connectivity index (χ3v) is 7.53. The van der Waals surface area contributed by atoms with Crippen LogP contribution in [-0.4, -0.2) is 63.0 Å². The quantitative estimate of drug-likeness (QED) is 0.288. The zero-order valence-corrected chi connectivity index (χ0v) is 22.7. The largest absolute Gasteiger partial charge is 0.483 e. The normalized spacial score (nSPS) is 20.4. The molecule has 0 radical (unpaired) electrons. The van der Waals surface area contributed by atoms with E-state index in [4.69, 9.17) is 16.3 Å². The number of carbonyl (C=O) groups excluding carboxylic acids is 1. The number of primary sulfonamides is 1. The van der Waals surface area contributed by atoms with Crippen molar-refractivity contribution in [1.29, 1.82) is 0 Å². The molecule has 0 bridgehead atoms. The Labute approximate surface area is 216 Å². The highest BCUT2D eigenvalue weighted by atomic mass is 32.2. The molecule has 2 aliphatic heterocycles. The molecule has 1 fully saturated rings. The summed E-state index contributed by atoms with van der Waals surface area (Å²) in [5.74, 6) is 2.89. The number of nitrogens with two attached hydrogens (primary N) is 1. The number of terminal acetylenes is 1. The maximum absolute atomic E-state index is 13.0. The number of amides is 1. The van der Waals surface area contributed by atoms with E-state index >= 15 is 0 Å². The molecule has 7 nitrogen and oxygen atoms in total. The lowest BCUT2D eigenvalue weighted by Gasteiger charge is -2.43. The summed E-state index contributed by atoms with van der Waals surface area (Å²) in [7, 11) is -1.84. The molecule has 0 atom stereocenters. The summed E-state index contributed by atoms with van der Waals surface area (Å²) in [6.07, 6.45) is 18.3. The van der Waals surface area contributed by atoms with Crippen molar-refractivity contribution in [2.75, 3.05) is 33.2 Å². The standard InChI is InChI=1S/C28H39N3O4S/c1-7-11-13-23(27(32)31(9-3)10-4)14-12-15-24-21-28(16-18-30(6)19-17-28)35-22(5)26(24)20-25(8-2)36(29,33)34/h1,8,12-14,20-21H,5,9-11,15-19H2,2-4,6H3,(H2,29,33,34)/b14-12-,23-13?,25-8+,26-20+. The van der Waals surface area contributed by atoms with Gasteiger partial charge in [0.15, 0.2) is 0 Å². The molecule has 8 heteroatoms. The van der Waals surface area contributed by atoms with Crippen molar-refractivity contribution in [2.24, 2.45) is 5.14 Å². The van der Waals surface area contributed by atoms with Crippen molar-refractivity contribution < 1.29 is 17.9 Å². The van der Waals surface area contributed by atoms with Crippen LogP contribution in [0.5, 0.6) is 0 Å². The first-order chi connectivity index (χ1) is 17.0. The van der Waals surface area contributed by atoms with Gasteiger partial charge in [-0.25, -0.2) is 13.6 Å². The van der Waals surface area contributed by atoms with E-state index in [9.17, 15) is 13.2 Å². The van der Waals surface area contributed by atoms with Crippen LogP contribution in [0.15, 0.2) is 70.4 Å². The number of likely N-dealkylation sites (N-methyl/N-ethyl adjacent to an activating group) is 1. The number of hydrogen-bond acceptors (Lipinski definition) is 5. The Morgan fingerprint density at radius 3 is 2.50 bits per heavy atom. The van der Waals surface area contributed by atoms with Gasteiger partial charge in [0, 0.05) is 56.6 Å². The molecule has 1 spiro atoms. The molecule has 2 N–H and O–H groups in total. The van der Waals surface area contributed by atoms with Crippen molar-refractivity contribution in [2.45, 2.75) is 52.1 Å². The average molecular weight is 514 g/mol. The van der Waals surface area contributed by atoms with Crippen LogP contribution in [0.25, 0.3) is 0 Å². The molecule has 2 rings (SSSR count). The number of nitrogens with zero attached hydrogens (tertiary/aromatic N) is 2. The van der Waals surface area contributed by atoms with E-state index in [0.717, 1.165) is 31.5 Å². The number of sulfonamides is 1. The van der Waals surface area contributed by atoms with Crippen LogP contribution in [-0.2, 0) is 19.6 Å². The van der Waals surface area contributed by atoms with E-state index in [0.29, 0.717) is 42.8 Å². The average Bonchev–Trinajstić information content (AvgIpc) is 2.82. The van der Waals surface area contributed by atoms with Gasteiger partial charge in [0.2, 0.25) is 10.0 Å². The predicted molar refractivity (Wildman–Crippen MR) is 146 cm³/mol. The molecule has 196 valence electrons. The molecule has 1 saturated heterocycles. The fraction of sp³-hybridized carbons (Fsp3) is 0.464. The van der Waals surface area contributed by atoms with Gasteiger partial charge in [-0.1, -0.05) is 30.9 Å². The summed E-state index contributed by atoms with van der Waals surface area (Å²) in [5, 5.41) is 5.41. The van der Waals surface area contributed by atoms with E-state index in [1.165, 1.54) is 12.2 Å². The van der Waals surface area contributed by atoms with Gasteiger partial charge in [-0.3, -0.25) is 4.79 Å². The van der Waals surface area contributed by atoms with Crippen molar-refractivity contribution >= 4 is 15.9 Å². The highest BCUT2D eigenvalue weighted by molar-refractivity contribution is 7.93. The van der Waals surface area contributed by atoms with Crippen LogP contribution < -0.4 is 5.14 Å². The minimum absolute atomic E-state index is 0.0113. The lowest BCUT2D eigenvalue weighted by molar-refractivity contribution is -0.126. The SMILES string of the molecule is C#CCC=C(/C=C\CC1=CC2(CCN(C)CC2)OC(=C)/C1=C\C(=C/C)S(N)(=O)=O)C(=O)N(CC)CC. The number of ether oxygens (including phenoxy) is 1. The first kappa shape index (κ1) is 29.4. The Bertz CT molecular complexity index is 1140. The number of allylic oxidation sites excluding steroid dienone is 5. The van der Waals surface area contributed by atoms with E-state index in [1.807, 2.05) is 19.9 Å². The Balaban J connectivity index is 2.48. The number of piperidine rings is 1. The molecule has 2 aliphatic rings. The topological polar surface area (TPSA) is 92.9 Å². The fourth-order valence-corrected chi connectivity index (χ4v) is 4.97. The number of rotatable bonds is 9. The van der Waals surface area contributed by atoms with Crippen LogP contribution in [0.1, 0.15) is 46.5 Å². The second-order valence-corrected chi connectivity index (χ2v) is 10.6. The van der Waals surface area contributed by atoms with Gasteiger partial charge >= 0.3 is 0 Å². The predicted octanol–water partition coefficient (Wildman–Crippen LogP) is 3.80. The number of hydrogen-bond donors (Lipinski definition) is 1. The van der Waals surface area contributed by atoms with Crippen LogP contribution >= 0.6 is 0 Å². The highest BCUT2D eigenvalue weighted by Crippen LogP contribution is 2.41. The second-order valence-electron chi connectivity index (χ2n) is 9.01. The molecule has 0 aromatic heterocycles. The maximum atomic E-state index is 13.0. The molecule has 0 saturated carbocycles. The van der Waals surface area contributed by atoms with Crippen molar-refractivity contribution in [3.05, 3.63) is 70.4 Å². The Hall–Kier alpha value is -2.86. The smallest absolute Gasteiger partial charge is 0.253 e. The number of carbonyl (C=O) groups is 1. The van der Waals surface area contributed by atoms with Gasteiger partial charge in [-0.05, 0) is 52.0 Å². The number of likely N-dealkylation sites (tertiary alicyclic amines) is 1. The van der Waals surface area contributed by atoms with Crippen molar-refractivity contribution in [1.82, 2.24) is 9.80 Å². The van der Waals surface area contributed by atoms with Gasteiger partial charge in [-0.15, -0.1) is 12.3 Å². The molecule has 2 heterocycles. The summed E-state index contributed by atoms with van der Waals surface area (Å²) < 4.78 is 30.4. The maximum Gasteiger partial charge on any atom is 0.253 e. The molecule has 36 heavy (non-hydrogen) atoms.